The zero-order chi connectivity index (χ0) is 16.5. The van der Waals surface area contributed by atoms with Crippen LogP contribution >= 0.6 is 11.6 Å². The third-order valence-electron chi connectivity index (χ3n) is 3.46. The fraction of sp³-hybridized carbons (Fsp3) is 0.688. The van der Waals surface area contributed by atoms with Crippen molar-refractivity contribution in [2.75, 3.05) is 11.0 Å². The van der Waals surface area contributed by atoms with E-state index in [1.807, 2.05) is 13.0 Å². The Hall–Kier alpha value is -0.110. The van der Waals surface area contributed by atoms with Gasteiger partial charge in [0.2, 0.25) is 0 Å². The third kappa shape index (κ3) is 6.98. The summed E-state index contributed by atoms with van der Waals surface area (Å²) in [7, 11) is 0. The predicted molar refractivity (Wildman–Crippen MR) is 83.6 cm³/mol. The summed E-state index contributed by atoms with van der Waals surface area (Å²) in [6.45, 7) is 4.26. The molecule has 0 aromatic rings. The van der Waals surface area contributed by atoms with Gasteiger partial charge in [-0.3, -0.25) is 0 Å². The van der Waals surface area contributed by atoms with Crippen molar-refractivity contribution < 1.29 is 40.9 Å². The molecule has 0 saturated heterocycles. The van der Waals surface area contributed by atoms with Crippen LogP contribution in [0.15, 0.2) is 22.8 Å². The quantitative estimate of drug-likeness (QED) is 0.231. The average molecular weight is 444 g/mol. The van der Waals surface area contributed by atoms with E-state index in [2.05, 4.69) is 6.92 Å². The molecule has 0 amide bonds. The van der Waals surface area contributed by atoms with Gasteiger partial charge in [-0.25, -0.2) is 0 Å². The number of unbranched alkanes of at least 4 members (excludes halogenated alkanes) is 1. The first-order valence-electron chi connectivity index (χ1n) is 7.64. The van der Waals surface area contributed by atoms with Crippen molar-refractivity contribution in [2.24, 2.45) is 5.92 Å². The molecule has 0 fully saturated rings. The first-order valence-corrected chi connectivity index (χ1v) is 10.6. The monoisotopic (exact) mass is 443 g/mol. The second kappa shape index (κ2) is 10.6. The number of ether oxygens (including phenoxy) is 1. The van der Waals surface area contributed by atoms with Gasteiger partial charge in [0.25, 0.3) is 0 Å². The van der Waals surface area contributed by atoms with E-state index in [1.54, 1.807) is 6.08 Å². The van der Waals surface area contributed by atoms with Crippen molar-refractivity contribution in [3.05, 3.63) is 22.8 Å². The summed E-state index contributed by atoms with van der Waals surface area (Å²) in [5.74, 6) is 0.292. The molecule has 0 spiro atoms. The number of rotatable bonds is 9. The Bertz CT molecular complexity index is 422. The van der Waals surface area contributed by atoms with E-state index in [1.165, 1.54) is 0 Å². The number of aliphatic hydroxyl groups excluding tert-OH is 2. The summed E-state index contributed by atoms with van der Waals surface area (Å²) in [5, 5.41) is 20.8. The van der Waals surface area contributed by atoms with E-state index in [0.29, 0.717) is 22.9 Å². The number of hydrogen-bond acceptors (Lipinski definition) is 4. The Morgan fingerprint density at radius 3 is 2.95 bits per heavy atom. The maximum atomic E-state index is 11.5. The minimum atomic E-state index is -1.01. The van der Waals surface area contributed by atoms with E-state index in [4.69, 9.17) is 16.3 Å². The molecule has 1 aliphatic rings. The van der Waals surface area contributed by atoms with Crippen LogP contribution in [0.2, 0.25) is 0 Å². The van der Waals surface area contributed by atoms with E-state index in [0.717, 1.165) is 17.3 Å². The van der Waals surface area contributed by atoms with Gasteiger partial charge in [-0.15, -0.1) is 0 Å². The molecule has 0 aromatic carbocycles. The average Bonchev–Trinajstić information content (AvgIpc) is 2.49. The Labute approximate surface area is 147 Å². The summed E-state index contributed by atoms with van der Waals surface area (Å²) in [6, 6.07) is 0. The molecule has 0 saturated carbocycles. The van der Waals surface area contributed by atoms with Crippen LogP contribution in [0.1, 0.15) is 39.5 Å². The van der Waals surface area contributed by atoms with Crippen LogP contribution in [-0.2, 0) is 4.74 Å². The molecule has 4 nitrogen and oxygen atoms in total. The van der Waals surface area contributed by atoms with E-state index >= 15 is 0 Å². The summed E-state index contributed by atoms with van der Waals surface area (Å²) in [4.78, 5) is 11.5. The van der Waals surface area contributed by atoms with Gasteiger partial charge in [0.15, 0.2) is 0 Å². The number of carbonyl (C=O) groups is 1. The summed E-state index contributed by atoms with van der Waals surface area (Å²) < 4.78 is 5.92. The van der Waals surface area contributed by atoms with Crippen molar-refractivity contribution >= 4 is 15.6 Å². The molecule has 0 aliphatic heterocycles. The van der Waals surface area contributed by atoms with Gasteiger partial charge >= 0.3 is 148 Å². The number of allylic oxidation sites excluding steroid dienone is 3. The second-order valence-corrected chi connectivity index (χ2v) is 8.61. The fourth-order valence-corrected chi connectivity index (χ4v) is 4.38. The van der Waals surface area contributed by atoms with Gasteiger partial charge in [0.1, 0.15) is 0 Å². The maximum absolute atomic E-state index is 11.5. The summed E-state index contributed by atoms with van der Waals surface area (Å²) >= 11 is 5.52. The summed E-state index contributed by atoms with van der Waals surface area (Å²) in [5.41, 5.74) is 0.658. The van der Waals surface area contributed by atoms with E-state index < -0.39 is 33.4 Å². The molecule has 1 rings (SSSR count). The molecular weight excluding hydrogens is 419 g/mol. The molecule has 3 atom stereocenters. The van der Waals surface area contributed by atoms with Crippen LogP contribution in [0, 0.1) is 5.92 Å². The topological polar surface area (TPSA) is 66.8 Å². The molecule has 0 radical (unpaired) electrons. The molecule has 22 heavy (non-hydrogen) atoms. The number of aliphatic hydroxyl groups is 2. The molecule has 6 heteroatoms. The van der Waals surface area contributed by atoms with Crippen LogP contribution < -0.4 is 21.2 Å². The van der Waals surface area contributed by atoms with E-state index in [9.17, 15) is 15.0 Å². The number of carbonyl (C=O) groups excluding carboxylic acids is 1. The number of hydrogen-bond donors (Lipinski definition) is 2. The van der Waals surface area contributed by atoms with Crippen molar-refractivity contribution in [3.8, 4) is 0 Å². The number of alkyl halides is 1. The standard InChI is InChI=1S/C16H25ClIO4/c1-3-4-8-18-16(21)22-9-7-14(19)15(20)12-10-11(2)5-6-13(12)17/h5-6,11,14-15,19-20H,3-4,7-10H2,1-2H3/q-1/t11-,14-,15-/m1/s1. The molecule has 0 heterocycles. The van der Waals surface area contributed by atoms with Gasteiger partial charge in [-0.2, -0.15) is 0 Å². The van der Waals surface area contributed by atoms with Crippen molar-refractivity contribution in [2.45, 2.75) is 51.7 Å². The first kappa shape index (κ1) is 19.9. The molecule has 0 bridgehead atoms. The Balaban J connectivity index is 2.34. The minimum absolute atomic E-state index is 0.138. The molecule has 2 N–H and O–H groups in total. The zero-order valence-electron chi connectivity index (χ0n) is 13.1. The Morgan fingerprint density at radius 2 is 2.27 bits per heavy atom. The van der Waals surface area contributed by atoms with Crippen LogP contribution in [0.4, 0.5) is 4.79 Å². The van der Waals surface area contributed by atoms with Crippen molar-refractivity contribution in [3.63, 3.8) is 0 Å². The molecule has 0 aromatic heterocycles. The fourth-order valence-electron chi connectivity index (χ4n) is 2.10. The van der Waals surface area contributed by atoms with Gasteiger partial charge in [-0.05, 0) is 0 Å². The van der Waals surface area contributed by atoms with Gasteiger partial charge in [0, 0.05) is 0 Å². The van der Waals surface area contributed by atoms with Crippen molar-refractivity contribution in [1.29, 1.82) is 0 Å². The first-order chi connectivity index (χ1) is 10.5. The SMILES string of the molecule is CCCC[I-]C(=O)OCC[C@@H](O)[C@H](O)C1=C(Cl)C=C[C@@H](C)C1. The Morgan fingerprint density at radius 1 is 1.55 bits per heavy atom. The molecule has 128 valence electrons. The zero-order valence-corrected chi connectivity index (χ0v) is 16.0. The predicted octanol–water partition coefficient (Wildman–Crippen LogP) is 0.213. The second-order valence-electron chi connectivity index (χ2n) is 5.48. The molecule has 1 aliphatic carbocycles. The van der Waals surface area contributed by atoms with Crippen molar-refractivity contribution in [1.82, 2.24) is 0 Å². The van der Waals surface area contributed by atoms with Gasteiger partial charge in [0.05, 0.1) is 0 Å². The molecular formula is C16H25ClIO4-. The summed E-state index contributed by atoms with van der Waals surface area (Å²) in [6.07, 6.45) is 4.76. The van der Waals surface area contributed by atoms with Gasteiger partial charge in [-0.1, -0.05) is 0 Å². The van der Waals surface area contributed by atoms with Crippen LogP contribution in [0.25, 0.3) is 0 Å². The van der Waals surface area contributed by atoms with Crippen LogP contribution in [0.3, 0.4) is 0 Å². The van der Waals surface area contributed by atoms with Crippen LogP contribution in [0.5, 0.6) is 0 Å². The number of halogens is 2. The Kier molecular flexibility index (Phi) is 9.63. The van der Waals surface area contributed by atoms with Gasteiger partial charge < -0.3 is 0 Å². The third-order valence-corrected chi connectivity index (χ3v) is 6.07. The molecule has 0 unspecified atom stereocenters. The van der Waals surface area contributed by atoms with E-state index in [-0.39, 0.29) is 17.0 Å². The normalized spacial score (nSPS) is 21.0. The van der Waals surface area contributed by atoms with Crippen LogP contribution in [-0.4, -0.2) is 37.4 Å².